The van der Waals surface area contributed by atoms with Gasteiger partial charge in [-0.05, 0) is 61.4 Å². The van der Waals surface area contributed by atoms with Crippen LogP contribution in [0.5, 0.6) is 0 Å². The minimum Gasteiger partial charge on any atom is -0.463 e. The first-order chi connectivity index (χ1) is 13.0. The molecule has 7 nitrogen and oxygen atoms in total. The van der Waals surface area contributed by atoms with Crippen molar-refractivity contribution in [3.8, 4) is 0 Å². The number of aryl methyl sites for hydroxylation is 1. The Balaban J connectivity index is 2.09. The molecule has 0 spiro atoms. The highest BCUT2D eigenvalue weighted by Gasteiger charge is 2.08. The molecule has 2 rings (SSSR count). The number of hydrogen-bond donors (Lipinski definition) is 3. The van der Waals surface area contributed by atoms with E-state index in [-0.39, 0.29) is 11.9 Å². The zero-order valence-corrected chi connectivity index (χ0v) is 15.2. The molecule has 0 aromatic heterocycles. The quantitative estimate of drug-likeness (QED) is 0.174. The van der Waals surface area contributed by atoms with Gasteiger partial charge in [-0.25, -0.2) is 15.6 Å². The van der Waals surface area contributed by atoms with Crippen molar-refractivity contribution in [3.05, 3.63) is 65.2 Å². The number of carbonyl (C=O) groups excluding carboxylic acids is 2. The predicted octanol–water partition coefficient (Wildman–Crippen LogP) is 2.95. The van der Waals surface area contributed by atoms with E-state index in [2.05, 4.69) is 15.7 Å². The Morgan fingerprint density at radius 2 is 2.04 bits per heavy atom. The van der Waals surface area contributed by atoms with Crippen LogP contribution in [0.4, 0.5) is 11.4 Å². The topological polar surface area (TPSA) is 106 Å². The zero-order valence-electron chi connectivity index (χ0n) is 15.2. The third kappa shape index (κ3) is 6.09. The Kier molecular flexibility index (Phi) is 7.27. The van der Waals surface area contributed by atoms with Crippen LogP contribution in [0.15, 0.2) is 53.5 Å². The minimum atomic E-state index is -0.387. The molecule has 0 saturated heterocycles. The van der Waals surface area contributed by atoms with Gasteiger partial charge in [0, 0.05) is 17.3 Å². The minimum absolute atomic E-state index is 0.248. The number of nitrogens with zero attached hydrogens (tertiary/aromatic N) is 1. The predicted molar refractivity (Wildman–Crippen MR) is 107 cm³/mol. The number of hydrogen-bond acceptors (Lipinski definition) is 5. The van der Waals surface area contributed by atoms with E-state index in [1.54, 1.807) is 43.3 Å². The van der Waals surface area contributed by atoms with Crippen molar-refractivity contribution in [1.82, 2.24) is 5.43 Å². The number of carbonyl (C=O) groups is 2. The largest absolute Gasteiger partial charge is 0.463 e. The molecule has 0 heterocycles. The summed E-state index contributed by atoms with van der Waals surface area (Å²) < 4.78 is 4.86. The van der Waals surface area contributed by atoms with Crippen molar-refractivity contribution in [1.29, 1.82) is 0 Å². The fourth-order valence-electron chi connectivity index (χ4n) is 2.33. The monoisotopic (exact) mass is 366 g/mol. The third-order valence-electron chi connectivity index (χ3n) is 3.61. The molecule has 0 radical (unpaired) electrons. The maximum absolute atomic E-state index is 12.4. The lowest BCUT2D eigenvalue weighted by atomic mass is 10.1. The second-order valence-electron chi connectivity index (χ2n) is 5.59. The summed E-state index contributed by atoms with van der Waals surface area (Å²) in [5.41, 5.74) is 5.84. The van der Waals surface area contributed by atoms with E-state index < -0.39 is 0 Å². The summed E-state index contributed by atoms with van der Waals surface area (Å²) in [4.78, 5) is 27.9. The molecular formula is C20H22N4O3. The molecule has 0 aliphatic heterocycles. The van der Waals surface area contributed by atoms with Crippen LogP contribution in [0.25, 0.3) is 6.08 Å². The average Bonchev–Trinajstić information content (AvgIpc) is 2.66. The first-order valence-electron chi connectivity index (χ1n) is 8.39. The van der Waals surface area contributed by atoms with Crippen LogP contribution in [-0.2, 0) is 9.53 Å². The molecule has 0 bridgehead atoms. The lowest BCUT2D eigenvalue weighted by Gasteiger charge is -2.08. The lowest BCUT2D eigenvalue weighted by Crippen LogP contribution is -2.18. The second kappa shape index (κ2) is 9.88. The average molecular weight is 366 g/mol. The molecule has 1 amide bonds. The summed E-state index contributed by atoms with van der Waals surface area (Å²) in [6, 6.07) is 12.3. The first kappa shape index (κ1) is 19.9. The molecule has 140 valence electrons. The second-order valence-corrected chi connectivity index (χ2v) is 5.59. The van der Waals surface area contributed by atoms with Crippen molar-refractivity contribution >= 4 is 35.7 Å². The van der Waals surface area contributed by atoms with E-state index in [0.29, 0.717) is 23.5 Å². The van der Waals surface area contributed by atoms with Crippen molar-refractivity contribution in [2.75, 3.05) is 11.9 Å². The summed E-state index contributed by atoms with van der Waals surface area (Å²) in [5.74, 6) is 4.51. The molecule has 0 aliphatic carbocycles. The van der Waals surface area contributed by atoms with Crippen LogP contribution in [-0.4, -0.2) is 24.8 Å². The number of ether oxygens (including phenoxy) is 1. The van der Waals surface area contributed by atoms with Gasteiger partial charge < -0.3 is 15.5 Å². The van der Waals surface area contributed by atoms with Crippen LogP contribution < -0.4 is 16.6 Å². The Morgan fingerprint density at radius 1 is 1.22 bits per heavy atom. The fraction of sp³-hybridized carbons (Fsp3) is 0.150. The smallest absolute Gasteiger partial charge is 0.330 e. The number of hydrazine groups is 1. The molecule has 7 heteroatoms. The van der Waals surface area contributed by atoms with Crippen LogP contribution >= 0.6 is 0 Å². The van der Waals surface area contributed by atoms with Crippen molar-refractivity contribution in [3.63, 3.8) is 0 Å². The van der Waals surface area contributed by atoms with Crippen LogP contribution in [0.3, 0.4) is 0 Å². The van der Waals surface area contributed by atoms with E-state index in [0.717, 1.165) is 11.1 Å². The number of nitrogens with two attached hydrogens (primary N) is 1. The van der Waals surface area contributed by atoms with Crippen molar-refractivity contribution in [2.45, 2.75) is 13.8 Å². The summed E-state index contributed by atoms with van der Waals surface area (Å²) in [6.45, 7) is 3.99. The van der Waals surface area contributed by atoms with Crippen molar-refractivity contribution < 1.29 is 14.3 Å². The zero-order chi connectivity index (χ0) is 19.6. The highest BCUT2D eigenvalue weighted by atomic mass is 16.5. The van der Waals surface area contributed by atoms with E-state index in [9.17, 15) is 9.59 Å². The number of rotatable bonds is 7. The van der Waals surface area contributed by atoms with E-state index in [4.69, 9.17) is 10.6 Å². The molecule has 0 saturated carbocycles. The van der Waals surface area contributed by atoms with E-state index >= 15 is 0 Å². The van der Waals surface area contributed by atoms with Crippen LogP contribution in [0, 0.1) is 6.92 Å². The van der Waals surface area contributed by atoms with Crippen LogP contribution in [0.2, 0.25) is 0 Å². The number of anilines is 1. The molecule has 2 aromatic rings. The number of nitrogens with one attached hydrogen (secondary N) is 2. The number of esters is 1. The highest BCUT2D eigenvalue weighted by molar-refractivity contribution is 6.04. The highest BCUT2D eigenvalue weighted by Crippen LogP contribution is 2.19. The SMILES string of the molecule is CCOC(=O)C=Cc1ccc(NC(=O)c2cccc(N=CNN)c2)cc1C. The van der Waals surface area contributed by atoms with Gasteiger partial charge in [-0.1, -0.05) is 12.1 Å². The number of amides is 1. The fourth-order valence-corrected chi connectivity index (χ4v) is 2.33. The standard InChI is InChI=1S/C20H22N4O3/c1-3-27-19(25)10-8-15-7-9-18(11-14(15)2)24-20(26)16-5-4-6-17(12-16)22-13-23-21/h4-13H,3,21H2,1-2H3,(H,22,23)(H,24,26). The molecule has 0 fully saturated rings. The molecular weight excluding hydrogens is 344 g/mol. The Morgan fingerprint density at radius 3 is 2.74 bits per heavy atom. The molecule has 0 atom stereocenters. The normalized spacial score (nSPS) is 10.9. The molecule has 27 heavy (non-hydrogen) atoms. The van der Waals surface area contributed by atoms with Gasteiger partial charge in [0.05, 0.1) is 12.3 Å². The van der Waals surface area contributed by atoms with Crippen LogP contribution in [0.1, 0.15) is 28.4 Å². The van der Waals surface area contributed by atoms with Gasteiger partial charge >= 0.3 is 5.97 Å². The van der Waals surface area contributed by atoms with Gasteiger partial charge in [0.1, 0.15) is 6.34 Å². The van der Waals surface area contributed by atoms with Crippen molar-refractivity contribution in [2.24, 2.45) is 10.8 Å². The first-order valence-corrected chi connectivity index (χ1v) is 8.39. The van der Waals surface area contributed by atoms with Gasteiger partial charge in [-0.15, -0.1) is 0 Å². The summed E-state index contributed by atoms with van der Waals surface area (Å²) >= 11 is 0. The summed E-state index contributed by atoms with van der Waals surface area (Å²) in [5, 5.41) is 2.85. The van der Waals surface area contributed by atoms with E-state index in [1.807, 2.05) is 19.1 Å². The van der Waals surface area contributed by atoms with Gasteiger partial charge in [-0.3, -0.25) is 4.79 Å². The number of aliphatic imine (C=N–C) groups is 1. The third-order valence-corrected chi connectivity index (χ3v) is 3.61. The maximum Gasteiger partial charge on any atom is 0.330 e. The Hall–Kier alpha value is -3.45. The Labute approximate surface area is 157 Å². The lowest BCUT2D eigenvalue weighted by molar-refractivity contribution is -0.137. The summed E-state index contributed by atoms with van der Waals surface area (Å²) in [7, 11) is 0. The Bertz CT molecular complexity index is 875. The summed E-state index contributed by atoms with van der Waals surface area (Å²) in [6.07, 6.45) is 4.40. The van der Waals surface area contributed by atoms with Gasteiger partial charge in [-0.2, -0.15) is 0 Å². The van der Waals surface area contributed by atoms with Gasteiger partial charge in [0.25, 0.3) is 5.91 Å². The van der Waals surface area contributed by atoms with E-state index in [1.165, 1.54) is 12.4 Å². The molecule has 2 aromatic carbocycles. The maximum atomic E-state index is 12.4. The molecule has 4 N–H and O–H groups in total. The number of benzene rings is 2. The van der Waals surface area contributed by atoms with Gasteiger partial charge in [0.15, 0.2) is 0 Å². The van der Waals surface area contributed by atoms with Gasteiger partial charge in [0.2, 0.25) is 0 Å². The molecule has 0 aliphatic rings. The molecule has 0 unspecified atom stereocenters.